The summed E-state index contributed by atoms with van der Waals surface area (Å²) in [6.45, 7) is -0.123. The standard InChI is InChI=1S/C15H15BrFNO2/c1-20-12-5-6-14(16)13(8-12)15(9-19)18-11-4-2-3-10(17)7-11/h2-8,15,18-19H,9H2,1H3. The van der Waals surface area contributed by atoms with E-state index in [9.17, 15) is 9.50 Å². The van der Waals surface area contributed by atoms with Gasteiger partial charge in [0.1, 0.15) is 11.6 Å². The van der Waals surface area contributed by atoms with Gasteiger partial charge in [0, 0.05) is 10.2 Å². The lowest BCUT2D eigenvalue weighted by Crippen LogP contribution is -2.15. The molecule has 0 radical (unpaired) electrons. The molecule has 2 rings (SSSR count). The minimum absolute atomic E-state index is 0.123. The van der Waals surface area contributed by atoms with Crippen LogP contribution in [0.3, 0.4) is 0 Å². The third-order valence-corrected chi connectivity index (χ3v) is 3.65. The Morgan fingerprint density at radius 3 is 2.75 bits per heavy atom. The Hall–Kier alpha value is -1.59. The van der Waals surface area contributed by atoms with Crippen molar-refractivity contribution in [1.82, 2.24) is 0 Å². The Balaban J connectivity index is 2.28. The van der Waals surface area contributed by atoms with E-state index in [0.29, 0.717) is 11.4 Å². The highest BCUT2D eigenvalue weighted by molar-refractivity contribution is 9.10. The number of aliphatic hydroxyl groups excluding tert-OH is 1. The highest BCUT2D eigenvalue weighted by Gasteiger charge is 2.15. The van der Waals surface area contributed by atoms with Crippen molar-refractivity contribution in [1.29, 1.82) is 0 Å². The van der Waals surface area contributed by atoms with Gasteiger partial charge in [-0.2, -0.15) is 0 Å². The van der Waals surface area contributed by atoms with Gasteiger partial charge in [-0.1, -0.05) is 22.0 Å². The maximum absolute atomic E-state index is 13.2. The highest BCUT2D eigenvalue weighted by Crippen LogP contribution is 2.30. The molecule has 0 aromatic heterocycles. The van der Waals surface area contributed by atoms with Crippen LogP contribution in [0.15, 0.2) is 46.9 Å². The van der Waals surface area contributed by atoms with Crippen LogP contribution in [0, 0.1) is 5.82 Å². The lowest BCUT2D eigenvalue weighted by molar-refractivity contribution is 0.275. The van der Waals surface area contributed by atoms with Gasteiger partial charge in [-0.05, 0) is 42.0 Å². The van der Waals surface area contributed by atoms with Gasteiger partial charge in [-0.15, -0.1) is 0 Å². The summed E-state index contributed by atoms with van der Waals surface area (Å²) in [5, 5.41) is 12.7. The van der Waals surface area contributed by atoms with Crippen molar-refractivity contribution in [3.63, 3.8) is 0 Å². The fourth-order valence-electron chi connectivity index (χ4n) is 1.92. The van der Waals surface area contributed by atoms with E-state index >= 15 is 0 Å². The maximum Gasteiger partial charge on any atom is 0.125 e. The van der Waals surface area contributed by atoms with Crippen molar-refractivity contribution in [3.05, 3.63) is 58.3 Å². The predicted molar refractivity (Wildman–Crippen MR) is 80.5 cm³/mol. The molecule has 1 atom stereocenters. The van der Waals surface area contributed by atoms with Crippen molar-refractivity contribution in [3.8, 4) is 5.75 Å². The summed E-state index contributed by atoms with van der Waals surface area (Å²) in [6.07, 6.45) is 0. The SMILES string of the molecule is COc1ccc(Br)c(C(CO)Nc2cccc(F)c2)c1. The molecule has 0 aliphatic heterocycles. The van der Waals surface area contributed by atoms with Crippen molar-refractivity contribution < 1.29 is 14.2 Å². The number of nitrogens with one attached hydrogen (secondary N) is 1. The minimum Gasteiger partial charge on any atom is -0.497 e. The molecule has 0 fully saturated rings. The number of hydrogen-bond donors (Lipinski definition) is 2. The number of methoxy groups -OCH3 is 1. The Kier molecular flexibility index (Phi) is 4.98. The highest BCUT2D eigenvalue weighted by atomic mass is 79.9. The van der Waals surface area contributed by atoms with E-state index in [2.05, 4.69) is 21.2 Å². The lowest BCUT2D eigenvalue weighted by Gasteiger charge is -2.20. The van der Waals surface area contributed by atoms with E-state index in [4.69, 9.17) is 4.74 Å². The summed E-state index contributed by atoms with van der Waals surface area (Å²) >= 11 is 3.45. The van der Waals surface area contributed by atoms with Crippen molar-refractivity contribution in [2.75, 3.05) is 19.0 Å². The first kappa shape index (κ1) is 14.8. The first-order valence-electron chi connectivity index (χ1n) is 6.10. The van der Waals surface area contributed by atoms with Crippen LogP contribution in [0.4, 0.5) is 10.1 Å². The number of benzene rings is 2. The zero-order valence-electron chi connectivity index (χ0n) is 10.9. The largest absolute Gasteiger partial charge is 0.497 e. The molecule has 3 nitrogen and oxygen atoms in total. The monoisotopic (exact) mass is 339 g/mol. The van der Waals surface area contributed by atoms with Crippen LogP contribution in [-0.4, -0.2) is 18.8 Å². The van der Waals surface area contributed by atoms with Crippen LogP contribution in [0.2, 0.25) is 0 Å². The number of rotatable bonds is 5. The summed E-state index contributed by atoms with van der Waals surface area (Å²) in [4.78, 5) is 0. The lowest BCUT2D eigenvalue weighted by atomic mass is 10.1. The molecule has 0 aliphatic carbocycles. The van der Waals surface area contributed by atoms with E-state index in [1.165, 1.54) is 12.1 Å². The molecular formula is C15H15BrFNO2. The van der Waals surface area contributed by atoms with Crippen molar-refractivity contribution in [2.45, 2.75) is 6.04 Å². The van der Waals surface area contributed by atoms with Gasteiger partial charge in [0.05, 0.1) is 19.8 Å². The van der Waals surface area contributed by atoms with Gasteiger partial charge < -0.3 is 15.2 Å². The average molecular weight is 340 g/mol. The van der Waals surface area contributed by atoms with E-state index in [-0.39, 0.29) is 18.5 Å². The molecule has 0 saturated heterocycles. The van der Waals surface area contributed by atoms with Gasteiger partial charge in [-0.25, -0.2) is 4.39 Å². The minimum atomic E-state index is -0.360. The molecular weight excluding hydrogens is 325 g/mol. The number of aliphatic hydroxyl groups is 1. The van der Waals surface area contributed by atoms with Gasteiger partial charge in [0.15, 0.2) is 0 Å². The fourth-order valence-corrected chi connectivity index (χ4v) is 2.44. The molecule has 2 N–H and O–H groups in total. The summed E-state index contributed by atoms with van der Waals surface area (Å²) in [5.74, 6) is 0.374. The molecule has 0 spiro atoms. The van der Waals surface area contributed by atoms with Gasteiger partial charge in [-0.3, -0.25) is 0 Å². The van der Waals surface area contributed by atoms with Crippen LogP contribution >= 0.6 is 15.9 Å². The summed E-state index contributed by atoms with van der Waals surface area (Å²) in [7, 11) is 1.58. The van der Waals surface area contributed by atoms with Crippen LogP contribution < -0.4 is 10.1 Å². The fraction of sp³-hybridized carbons (Fsp3) is 0.200. The van der Waals surface area contributed by atoms with Crippen LogP contribution in [0.5, 0.6) is 5.75 Å². The molecule has 0 bridgehead atoms. The first-order valence-corrected chi connectivity index (χ1v) is 6.89. The molecule has 0 aliphatic rings. The summed E-state index contributed by atoms with van der Waals surface area (Å²) in [5.41, 5.74) is 1.45. The number of ether oxygens (including phenoxy) is 1. The number of anilines is 1. The Morgan fingerprint density at radius 1 is 1.30 bits per heavy atom. The molecule has 0 heterocycles. The third kappa shape index (κ3) is 3.49. The van der Waals surface area contributed by atoms with Gasteiger partial charge in [0.25, 0.3) is 0 Å². The average Bonchev–Trinajstić information content (AvgIpc) is 2.46. The second kappa shape index (κ2) is 6.72. The molecule has 2 aromatic rings. The quantitative estimate of drug-likeness (QED) is 0.871. The number of hydrogen-bond acceptors (Lipinski definition) is 3. The van der Waals surface area contributed by atoms with Crippen LogP contribution in [0.25, 0.3) is 0 Å². The van der Waals surface area contributed by atoms with E-state index in [1.807, 2.05) is 18.2 Å². The topological polar surface area (TPSA) is 41.5 Å². The zero-order chi connectivity index (χ0) is 14.5. The van der Waals surface area contributed by atoms with E-state index in [1.54, 1.807) is 19.2 Å². The van der Waals surface area contributed by atoms with E-state index in [0.717, 1.165) is 10.0 Å². The molecule has 2 aromatic carbocycles. The Labute approximate surface area is 125 Å². The van der Waals surface area contributed by atoms with Gasteiger partial charge in [0.2, 0.25) is 0 Å². The second-order valence-electron chi connectivity index (χ2n) is 4.28. The third-order valence-electron chi connectivity index (χ3n) is 2.93. The van der Waals surface area contributed by atoms with Crippen LogP contribution in [-0.2, 0) is 0 Å². The summed E-state index contributed by atoms with van der Waals surface area (Å²) in [6, 6.07) is 11.3. The zero-order valence-corrected chi connectivity index (χ0v) is 12.5. The predicted octanol–water partition coefficient (Wildman–Crippen LogP) is 3.74. The van der Waals surface area contributed by atoms with Crippen LogP contribution in [0.1, 0.15) is 11.6 Å². The maximum atomic E-state index is 13.2. The normalized spacial score (nSPS) is 12.0. The van der Waals surface area contributed by atoms with Crippen molar-refractivity contribution >= 4 is 21.6 Å². The second-order valence-corrected chi connectivity index (χ2v) is 5.13. The molecule has 20 heavy (non-hydrogen) atoms. The molecule has 0 saturated carbocycles. The smallest absolute Gasteiger partial charge is 0.125 e. The summed E-state index contributed by atoms with van der Waals surface area (Å²) < 4.78 is 19.2. The Bertz CT molecular complexity index is 592. The molecule has 0 amide bonds. The Morgan fingerprint density at radius 2 is 2.10 bits per heavy atom. The molecule has 1 unspecified atom stereocenters. The van der Waals surface area contributed by atoms with Crippen molar-refractivity contribution in [2.24, 2.45) is 0 Å². The van der Waals surface area contributed by atoms with E-state index < -0.39 is 0 Å². The molecule has 5 heteroatoms. The molecule has 106 valence electrons. The number of halogens is 2. The first-order chi connectivity index (χ1) is 9.63. The van der Waals surface area contributed by atoms with Gasteiger partial charge >= 0.3 is 0 Å².